The second kappa shape index (κ2) is 4.23. The summed E-state index contributed by atoms with van der Waals surface area (Å²) >= 11 is 5.98. The molecule has 4 nitrogen and oxygen atoms in total. The molecule has 1 saturated carbocycles. The van der Waals surface area contributed by atoms with E-state index in [1.165, 1.54) is 4.90 Å². The van der Waals surface area contributed by atoms with Crippen LogP contribution in [0.1, 0.15) is 31.2 Å². The van der Waals surface area contributed by atoms with Crippen molar-refractivity contribution >= 4 is 29.2 Å². The number of benzene rings is 1. The summed E-state index contributed by atoms with van der Waals surface area (Å²) in [6, 6.07) is 5.35. The van der Waals surface area contributed by atoms with Crippen LogP contribution >= 0.6 is 11.6 Å². The summed E-state index contributed by atoms with van der Waals surface area (Å²) in [5.41, 5.74) is 1.11. The fourth-order valence-electron chi connectivity index (χ4n) is 3.37. The number of amides is 1. The maximum Gasteiger partial charge on any atom is 0.323 e. The van der Waals surface area contributed by atoms with Gasteiger partial charge in [0.1, 0.15) is 6.54 Å². The van der Waals surface area contributed by atoms with Gasteiger partial charge >= 0.3 is 5.97 Å². The zero-order valence-electron chi connectivity index (χ0n) is 10.4. The van der Waals surface area contributed by atoms with E-state index in [1.54, 1.807) is 12.1 Å². The average molecular weight is 280 g/mol. The summed E-state index contributed by atoms with van der Waals surface area (Å²) in [6.07, 6.45) is 3.62. The Hall–Kier alpha value is -1.55. The first kappa shape index (κ1) is 12.5. The van der Waals surface area contributed by atoms with Crippen molar-refractivity contribution < 1.29 is 14.7 Å². The molecule has 0 bridgehead atoms. The van der Waals surface area contributed by atoms with Crippen LogP contribution in [0, 0.1) is 0 Å². The number of carboxylic acids is 1. The minimum atomic E-state index is -1.01. The van der Waals surface area contributed by atoms with Gasteiger partial charge in [0.05, 0.1) is 11.1 Å². The highest BCUT2D eigenvalue weighted by molar-refractivity contribution is 6.31. The molecular formula is C14H14ClNO3. The lowest BCUT2D eigenvalue weighted by atomic mass is 9.80. The highest BCUT2D eigenvalue weighted by Crippen LogP contribution is 2.51. The van der Waals surface area contributed by atoms with Gasteiger partial charge in [0.25, 0.3) is 0 Å². The molecule has 0 saturated heterocycles. The monoisotopic (exact) mass is 279 g/mol. The Labute approximate surface area is 116 Å². The lowest BCUT2D eigenvalue weighted by Crippen LogP contribution is -2.40. The SMILES string of the molecule is O=C(O)CN1C(=O)C2(CCCC2)c2ccc(Cl)cc21. The number of fused-ring (bicyclic) bond motifs is 2. The number of aliphatic carboxylic acids is 1. The van der Waals surface area contributed by atoms with Gasteiger partial charge in [0.15, 0.2) is 0 Å². The zero-order chi connectivity index (χ0) is 13.6. The van der Waals surface area contributed by atoms with Crippen molar-refractivity contribution in [1.29, 1.82) is 0 Å². The number of rotatable bonds is 2. The molecule has 19 heavy (non-hydrogen) atoms. The van der Waals surface area contributed by atoms with E-state index in [0.717, 1.165) is 31.2 Å². The van der Waals surface area contributed by atoms with Crippen LogP contribution < -0.4 is 4.90 Å². The predicted molar refractivity (Wildman–Crippen MR) is 71.6 cm³/mol. The van der Waals surface area contributed by atoms with Crippen LogP contribution in [0.15, 0.2) is 18.2 Å². The molecule has 1 fully saturated rings. The fraction of sp³-hybridized carbons (Fsp3) is 0.429. The minimum absolute atomic E-state index is 0.0790. The van der Waals surface area contributed by atoms with Crippen molar-refractivity contribution in [1.82, 2.24) is 0 Å². The highest BCUT2D eigenvalue weighted by Gasteiger charge is 2.52. The molecule has 1 N–H and O–H groups in total. The molecule has 100 valence electrons. The van der Waals surface area contributed by atoms with Gasteiger partial charge in [-0.05, 0) is 30.5 Å². The number of nitrogens with zero attached hydrogens (tertiary/aromatic N) is 1. The maximum absolute atomic E-state index is 12.7. The van der Waals surface area contributed by atoms with Crippen LogP contribution in [0.2, 0.25) is 5.02 Å². The van der Waals surface area contributed by atoms with Crippen molar-refractivity contribution in [2.24, 2.45) is 0 Å². The summed E-state index contributed by atoms with van der Waals surface area (Å²) in [7, 11) is 0. The van der Waals surface area contributed by atoms with Gasteiger partial charge in [-0.2, -0.15) is 0 Å². The molecule has 1 amide bonds. The van der Waals surface area contributed by atoms with E-state index in [9.17, 15) is 9.59 Å². The van der Waals surface area contributed by atoms with E-state index in [1.807, 2.05) is 6.07 Å². The topological polar surface area (TPSA) is 57.6 Å². The molecule has 5 heteroatoms. The normalized spacial score (nSPS) is 20.1. The van der Waals surface area contributed by atoms with Crippen LogP contribution in [0.4, 0.5) is 5.69 Å². The van der Waals surface area contributed by atoms with Crippen molar-refractivity contribution in [3.63, 3.8) is 0 Å². The van der Waals surface area contributed by atoms with Gasteiger partial charge in [0.2, 0.25) is 5.91 Å². The Morgan fingerprint density at radius 3 is 2.68 bits per heavy atom. The first-order chi connectivity index (χ1) is 9.04. The van der Waals surface area contributed by atoms with Crippen LogP contribution in [-0.2, 0) is 15.0 Å². The van der Waals surface area contributed by atoms with Crippen molar-refractivity contribution in [3.8, 4) is 0 Å². The van der Waals surface area contributed by atoms with Crippen molar-refractivity contribution in [2.45, 2.75) is 31.1 Å². The van der Waals surface area contributed by atoms with Gasteiger partial charge < -0.3 is 10.0 Å². The molecule has 1 aromatic rings. The predicted octanol–water partition coefficient (Wildman–Crippen LogP) is 2.58. The van der Waals surface area contributed by atoms with E-state index >= 15 is 0 Å². The Kier molecular flexibility index (Phi) is 2.78. The van der Waals surface area contributed by atoms with Gasteiger partial charge in [-0.3, -0.25) is 9.59 Å². The third-order valence-electron chi connectivity index (χ3n) is 4.17. The number of halogens is 1. The largest absolute Gasteiger partial charge is 0.480 e. The lowest BCUT2D eigenvalue weighted by molar-refractivity contribution is -0.137. The molecule has 0 radical (unpaired) electrons. The first-order valence-corrected chi connectivity index (χ1v) is 6.76. The summed E-state index contributed by atoms with van der Waals surface area (Å²) in [4.78, 5) is 25.0. The van der Waals surface area contributed by atoms with Gasteiger partial charge in [-0.15, -0.1) is 0 Å². The van der Waals surface area contributed by atoms with Crippen LogP contribution in [0.3, 0.4) is 0 Å². The second-order valence-electron chi connectivity index (χ2n) is 5.24. The van der Waals surface area contributed by atoms with Gasteiger partial charge in [-0.1, -0.05) is 30.5 Å². The van der Waals surface area contributed by atoms with Gasteiger partial charge in [0, 0.05) is 5.02 Å². The third-order valence-corrected chi connectivity index (χ3v) is 4.41. The van der Waals surface area contributed by atoms with E-state index in [0.29, 0.717) is 10.7 Å². The van der Waals surface area contributed by atoms with Crippen molar-refractivity contribution in [2.75, 3.05) is 11.4 Å². The van der Waals surface area contributed by atoms with Crippen LogP contribution in [0.5, 0.6) is 0 Å². The second-order valence-corrected chi connectivity index (χ2v) is 5.67. The average Bonchev–Trinajstić information content (AvgIpc) is 2.91. The standard InChI is InChI=1S/C14H14ClNO3/c15-9-3-4-10-11(7-9)16(8-12(17)18)13(19)14(10)5-1-2-6-14/h3-4,7H,1-2,5-6,8H2,(H,17,18). The third kappa shape index (κ3) is 1.74. The number of hydrogen-bond acceptors (Lipinski definition) is 2. The summed E-state index contributed by atoms with van der Waals surface area (Å²) in [5, 5.41) is 9.52. The maximum atomic E-state index is 12.7. The lowest BCUT2D eigenvalue weighted by Gasteiger charge is -2.22. The van der Waals surface area contributed by atoms with Crippen LogP contribution in [0.25, 0.3) is 0 Å². The number of carboxylic acid groups (broad SMARTS) is 1. The Morgan fingerprint density at radius 2 is 2.05 bits per heavy atom. The summed E-state index contributed by atoms with van der Waals surface area (Å²) in [6.45, 7) is -0.298. The Morgan fingerprint density at radius 1 is 1.37 bits per heavy atom. The van der Waals surface area contributed by atoms with E-state index in [4.69, 9.17) is 16.7 Å². The highest BCUT2D eigenvalue weighted by atomic mass is 35.5. The van der Waals surface area contributed by atoms with E-state index in [-0.39, 0.29) is 12.5 Å². The molecule has 1 aliphatic carbocycles. The number of hydrogen-bond donors (Lipinski definition) is 1. The molecule has 1 heterocycles. The molecule has 0 unspecified atom stereocenters. The summed E-state index contributed by atoms with van der Waals surface area (Å²) in [5.74, 6) is -1.08. The molecule has 0 atom stereocenters. The number of anilines is 1. The Balaban J connectivity index is 2.13. The minimum Gasteiger partial charge on any atom is -0.480 e. The van der Waals surface area contributed by atoms with E-state index in [2.05, 4.69) is 0 Å². The van der Waals surface area contributed by atoms with Gasteiger partial charge in [-0.25, -0.2) is 0 Å². The fourth-order valence-corrected chi connectivity index (χ4v) is 3.54. The molecule has 1 aromatic carbocycles. The molecular weight excluding hydrogens is 266 g/mol. The number of carbonyl (C=O) groups is 2. The first-order valence-electron chi connectivity index (χ1n) is 6.38. The number of carbonyl (C=O) groups excluding carboxylic acids is 1. The van der Waals surface area contributed by atoms with E-state index < -0.39 is 11.4 Å². The molecule has 3 rings (SSSR count). The van der Waals surface area contributed by atoms with Crippen LogP contribution in [-0.4, -0.2) is 23.5 Å². The smallest absolute Gasteiger partial charge is 0.323 e. The Bertz CT molecular complexity index is 564. The summed E-state index contributed by atoms with van der Waals surface area (Å²) < 4.78 is 0. The van der Waals surface area contributed by atoms with Crippen molar-refractivity contribution in [3.05, 3.63) is 28.8 Å². The molecule has 1 aliphatic heterocycles. The molecule has 1 spiro atoms. The quantitative estimate of drug-likeness (QED) is 0.905. The molecule has 0 aromatic heterocycles. The molecule has 2 aliphatic rings. The zero-order valence-corrected chi connectivity index (χ0v) is 11.1.